The van der Waals surface area contributed by atoms with E-state index in [1.165, 1.54) is 0 Å². The number of fused-ring (bicyclic) bond motifs is 1. The Labute approximate surface area is 259 Å². The zero-order chi connectivity index (χ0) is 31.8. The lowest BCUT2D eigenvalue weighted by molar-refractivity contribution is -0.139. The number of likely N-dealkylation sites (tertiary alicyclic amines) is 1. The lowest BCUT2D eigenvalue weighted by Crippen LogP contribution is -2.47. The standard InChI is InChI=1S/C34H42N4O5S/c1-34(2,3)30-6-5-19-38(30)33(41)24-12-14-25(15-13-24)36-44(42,43)26-16-17-27-28(21-35)32(37(4)29(27)20-26)23-10-7-22(8-11-23)9-18-31(39)40/h7-8,10-11,16-17,20,24-25,30,36H,5-6,9,12-15,18-19H2,1-4H3,(H,39,40)/t24?,25?,30-/m0/s1. The van der Waals surface area contributed by atoms with E-state index in [0.29, 0.717) is 54.3 Å². The lowest BCUT2D eigenvalue weighted by atomic mass is 9.82. The molecule has 10 heteroatoms. The molecule has 1 amide bonds. The van der Waals surface area contributed by atoms with Crippen LogP contribution in [0.5, 0.6) is 0 Å². The van der Waals surface area contributed by atoms with Crippen LogP contribution in [0.2, 0.25) is 0 Å². The highest BCUT2D eigenvalue weighted by Gasteiger charge is 2.40. The molecule has 2 aliphatic rings. The summed E-state index contributed by atoms with van der Waals surface area (Å²) in [6.07, 6.45) is 5.08. The monoisotopic (exact) mass is 618 g/mol. The SMILES string of the molecule is Cn1c(-c2ccc(CCC(=O)O)cc2)c(C#N)c2ccc(S(=O)(=O)NC3CCC(C(=O)N4CCC[C@H]4C(C)(C)C)CC3)cc21. The van der Waals surface area contributed by atoms with Crippen LogP contribution in [-0.4, -0.2) is 53.5 Å². The number of nitrogens with zero attached hydrogens (tertiary/aromatic N) is 3. The van der Waals surface area contributed by atoms with Gasteiger partial charge in [0, 0.05) is 43.4 Å². The van der Waals surface area contributed by atoms with Crippen LogP contribution in [0.3, 0.4) is 0 Å². The number of rotatable bonds is 8. The first-order valence-corrected chi connectivity index (χ1v) is 16.9. The van der Waals surface area contributed by atoms with Crippen molar-refractivity contribution in [2.45, 2.75) is 89.1 Å². The van der Waals surface area contributed by atoms with Crippen LogP contribution < -0.4 is 4.72 Å². The van der Waals surface area contributed by atoms with Crippen molar-refractivity contribution in [1.29, 1.82) is 5.26 Å². The van der Waals surface area contributed by atoms with Crippen molar-refractivity contribution < 1.29 is 23.1 Å². The van der Waals surface area contributed by atoms with Crippen LogP contribution >= 0.6 is 0 Å². The third-order valence-corrected chi connectivity index (χ3v) is 10.9. The van der Waals surface area contributed by atoms with Gasteiger partial charge in [-0.3, -0.25) is 9.59 Å². The molecule has 1 saturated carbocycles. The molecule has 44 heavy (non-hydrogen) atoms. The van der Waals surface area contributed by atoms with E-state index in [-0.39, 0.29) is 40.6 Å². The molecule has 2 fully saturated rings. The maximum atomic E-state index is 13.5. The average Bonchev–Trinajstić information content (AvgIpc) is 3.59. The Kier molecular flexibility index (Phi) is 8.92. The number of carbonyl (C=O) groups excluding carboxylic acids is 1. The molecular weight excluding hydrogens is 576 g/mol. The van der Waals surface area contributed by atoms with E-state index in [1.807, 2.05) is 35.9 Å². The highest BCUT2D eigenvalue weighted by atomic mass is 32.2. The largest absolute Gasteiger partial charge is 0.481 e. The molecule has 0 unspecified atom stereocenters. The summed E-state index contributed by atoms with van der Waals surface area (Å²) in [5.74, 6) is -0.700. The number of nitrogens with one attached hydrogen (secondary N) is 1. The third kappa shape index (κ3) is 6.40. The van der Waals surface area contributed by atoms with Crippen LogP contribution in [0.15, 0.2) is 47.4 Å². The van der Waals surface area contributed by atoms with E-state index in [2.05, 4.69) is 36.5 Å². The number of carboxylic acids is 1. The molecule has 0 radical (unpaired) electrons. The molecule has 2 heterocycles. The number of hydrogen-bond acceptors (Lipinski definition) is 5. The minimum absolute atomic E-state index is 0.0398. The number of sulfonamides is 1. The average molecular weight is 619 g/mol. The van der Waals surface area contributed by atoms with Crippen molar-refractivity contribution in [1.82, 2.24) is 14.2 Å². The second-order valence-electron chi connectivity index (χ2n) is 13.4. The van der Waals surface area contributed by atoms with Crippen LogP contribution in [0.25, 0.3) is 22.2 Å². The van der Waals surface area contributed by atoms with Crippen molar-refractivity contribution in [3.63, 3.8) is 0 Å². The van der Waals surface area contributed by atoms with E-state index >= 15 is 0 Å². The number of nitriles is 1. The number of carbonyl (C=O) groups is 2. The van der Waals surface area contributed by atoms with Gasteiger partial charge in [-0.1, -0.05) is 51.1 Å². The van der Waals surface area contributed by atoms with Crippen LogP contribution in [0, 0.1) is 22.7 Å². The number of carboxylic acid groups (broad SMARTS) is 1. The van der Waals surface area contributed by atoms with E-state index in [1.54, 1.807) is 18.2 Å². The molecule has 234 valence electrons. The molecule has 1 aliphatic heterocycles. The van der Waals surface area contributed by atoms with Gasteiger partial charge < -0.3 is 14.6 Å². The fourth-order valence-corrected chi connectivity index (χ4v) is 8.35. The Balaban J connectivity index is 1.30. The summed E-state index contributed by atoms with van der Waals surface area (Å²) >= 11 is 0. The topological polar surface area (TPSA) is 132 Å². The number of aliphatic carboxylic acids is 1. The zero-order valence-corrected chi connectivity index (χ0v) is 26.8. The first-order valence-electron chi connectivity index (χ1n) is 15.5. The molecule has 1 aliphatic carbocycles. The van der Waals surface area contributed by atoms with E-state index in [0.717, 1.165) is 30.5 Å². The van der Waals surface area contributed by atoms with Gasteiger partial charge in [0.05, 0.1) is 21.7 Å². The minimum Gasteiger partial charge on any atom is -0.481 e. The molecule has 2 aromatic carbocycles. The molecule has 1 aromatic heterocycles. The fraction of sp³-hybridized carbons (Fsp3) is 0.500. The predicted molar refractivity (Wildman–Crippen MR) is 169 cm³/mol. The number of amides is 1. The molecule has 5 rings (SSSR count). The summed E-state index contributed by atoms with van der Waals surface area (Å²) < 4.78 is 31.7. The van der Waals surface area contributed by atoms with Gasteiger partial charge in [-0.2, -0.15) is 5.26 Å². The summed E-state index contributed by atoms with van der Waals surface area (Å²) in [6.45, 7) is 7.37. The number of aromatic nitrogens is 1. The Morgan fingerprint density at radius 1 is 1.05 bits per heavy atom. The molecule has 1 saturated heterocycles. The second-order valence-corrected chi connectivity index (χ2v) is 15.1. The van der Waals surface area contributed by atoms with Gasteiger partial charge in [0.2, 0.25) is 15.9 Å². The molecular formula is C34H42N4O5S. The van der Waals surface area contributed by atoms with Gasteiger partial charge in [0.25, 0.3) is 0 Å². The Bertz CT molecular complexity index is 1710. The van der Waals surface area contributed by atoms with Crippen LogP contribution in [-0.2, 0) is 33.1 Å². The van der Waals surface area contributed by atoms with Crippen molar-refractivity contribution >= 4 is 32.8 Å². The van der Waals surface area contributed by atoms with Gasteiger partial charge in [0.1, 0.15) is 6.07 Å². The molecule has 0 bridgehead atoms. The van der Waals surface area contributed by atoms with Gasteiger partial charge in [-0.15, -0.1) is 0 Å². The van der Waals surface area contributed by atoms with Crippen molar-refractivity contribution in [3.05, 3.63) is 53.6 Å². The second kappa shape index (κ2) is 12.4. The first kappa shape index (κ1) is 31.7. The quantitative estimate of drug-likeness (QED) is 0.337. The van der Waals surface area contributed by atoms with E-state index in [4.69, 9.17) is 5.11 Å². The van der Waals surface area contributed by atoms with Crippen molar-refractivity contribution in [3.8, 4) is 17.3 Å². The maximum Gasteiger partial charge on any atom is 0.303 e. The summed E-state index contributed by atoms with van der Waals surface area (Å²) in [4.78, 5) is 26.5. The zero-order valence-electron chi connectivity index (χ0n) is 26.0. The summed E-state index contributed by atoms with van der Waals surface area (Å²) in [5.41, 5.74) is 3.47. The number of benzene rings is 2. The van der Waals surface area contributed by atoms with Crippen molar-refractivity contribution in [2.75, 3.05) is 6.54 Å². The number of aryl methyl sites for hydroxylation is 2. The maximum absolute atomic E-state index is 13.5. The summed E-state index contributed by atoms with van der Waals surface area (Å²) in [5, 5.41) is 19.7. The van der Waals surface area contributed by atoms with E-state index in [9.17, 15) is 23.3 Å². The highest BCUT2D eigenvalue weighted by Crippen LogP contribution is 2.37. The van der Waals surface area contributed by atoms with Gasteiger partial charge in [-0.25, -0.2) is 13.1 Å². The van der Waals surface area contributed by atoms with Gasteiger partial charge >= 0.3 is 5.97 Å². The highest BCUT2D eigenvalue weighted by molar-refractivity contribution is 7.89. The van der Waals surface area contributed by atoms with E-state index < -0.39 is 16.0 Å². The smallest absolute Gasteiger partial charge is 0.303 e. The Hall–Kier alpha value is -3.68. The Morgan fingerprint density at radius 2 is 1.73 bits per heavy atom. The third-order valence-electron chi connectivity index (χ3n) is 9.38. The van der Waals surface area contributed by atoms with Gasteiger partial charge in [-0.05, 0) is 73.6 Å². The molecule has 1 atom stereocenters. The van der Waals surface area contributed by atoms with Crippen molar-refractivity contribution in [2.24, 2.45) is 18.4 Å². The predicted octanol–water partition coefficient (Wildman–Crippen LogP) is 5.61. The molecule has 0 spiro atoms. The summed E-state index contributed by atoms with van der Waals surface area (Å²) in [6, 6.07) is 14.6. The van der Waals surface area contributed by atoms with Crippen LogP contribution in [0.1, 0.15) is 76.8 Å². The lowest BCUT2D eigenvalue weighted by Gasteiger charge is -2.38. The number of hydrogen-bond donors (Lipinski definition) is 2. The fourth-order valence-electron chi connectivity index (χ4n) is 7.03. The first-order chi connectivity index (χ1) is 20.8. The normalized spacial score (nSPS) is 21.0. The molecule has 3 aromatic rings. The molecule has 9 nitrogen and oxygen atoms in total. The molecule has 2 N–H and O–H groups in total. The van der Waals surface area contributed by atoms with Crippen LogP contribution in [0.4, 0.5) is 0 Å². The Morgan fingerprint density at radius 3 is 2.34 bits per heavy atom. The minimum atomic E-state index is -3.83. The van der Waals surface area contributed by atoms with Gasteiger partial charge in [0.15, 0.2) is 0 Å². The summed E-state index contributed by atoms with van der Waals surface area (Å²) in [7, 11) is -2.02.